The summed E-state index contributed by atoms with van der Waals surface area (Å²) in [5, 5.41) is 9.26. The molecule has 0 fully saturated rings. The number of hydrogen-bond donors (Lipinski definition) is 2. The average molecular weight is 449 g/mol. The van der Waals surface area contributed by atoms with Crippen molar-refractivity contribution in [3.8, 4) is 0 Å². The van der Waals surface area contributed by atoms with Crippen LogP contribution >= 0.6 is 0 Å². The van der Waals surface area contributed by atoms with Gasteiger partial charge in [-0.25, -0.2) is 14.3 Å². The van der Waals surface area contributed by atoms with Crippen molar-refractivity contribution in [3.05, 3.63) is 24.6 Å². The Morgan fingerprint density at radius 3 is 1.97 bits per heavy atom. The third-order valence-electron chi connectivity index (χ3n) is 6.45. The molecule has 1 atom stereocenters. The van der Waals surface area contributed by atoms with Gasteiger partial charge in [0.2, 0.25) is 5.84 Å². The van der Waals surface area contributed by atoms with Gasteiger partial charge in [-0.05, 0) is 32.1 Å². The number of carbonyl (C=O) groups is 1. The van der Waals surface area contributed by atoms with Crippen LogP contribution in [0.15, 0.2) is 29.5 Å². The number of aliphatic carboxylic acids is 1. The van der Waals surface area contributed by atoms with Gasteiger partial charge in [-0.2, -0.15) is 0 Å². The van der Waals surface area contributed by atoms with Crippen LogP contribution in [-0.4, -0.2) is 41.0 Å². The highest BCUT2D eigenvalue weighted by molar-refractivity contribution is 5.81. The van der Waals surface area contributed by atoms with Crippen LogP contribution < -0.4 is 5.73 Å². The molecule has 32 heavy (non-hydrogen) atoms. The van der Waals surface area contributed by atoms with E-state index >= 15 is 0 Å². The number of nitrogens with zero attached hydrogens (tertiary/aromatic N) is 2. The lowest BCUT2D eigenvalue weighted by atomic mass is 10.1. The number of unbranched alkanes of at least 4 members (excludes halogenated alkanes) is 14. The van der Waals surface area contributed by atoms with E-state index in [4.69, 9.17) is 5.73 Å². The van der Waals surface area contributed by atoms with E-state index in [0.29, 0.717) is 17.6 Å². The van der Waals surface area contributed by atoms with Crippen LogP contribution in [0.2, 0.25) is 0 Å². The Morgan fingerprint density at radius 1 is 0.906 bits per heavy atom. The maximum Gasteiger partial charge on any atom is 0.360 e. The van der Waals surface area contributed by atoms with Crippen LogP contribution in [0.4, 0.5) is 0 Å². The number of quaternary nitrogens is 1. The summed E-state index contributed by atoms with van der Waals surface area (Å²) in [6, 6.07) is 0. The number of hydrogen-bond acceptors (Lipinski definition) is 3. The predicted octanol–water partition coefficient (Wildman–Crippen LogP) is 6.94. The maximum absolute atomic E-state index is 11.3. The second-order valence-corrected chi connectivity index (χ2v) is 9.34. The van der Waals surface area contributed by atoms with Crippen molar-refractivity contribution in [2.75, 3.05) is 19.6 Å². The summed E-state index contributed by atoms with van der Waals surface area (Å²) in [4.78, 5) is 15.7. The van der Waals surface area contributed by atoms with E-state index in [2.05, 4.69) is 24.1 Å². The third-order valence-corrected chi connectivity index (χ3v) is 6.45. The summed E-state index contributed by atoms with van der Waals surface area (Å²) in [6.07, 6.45) is 30.3. The van der Waals surface area contributed by atoms with Crippen molar-refractivity contribution in [2.24, 2.45) is 10.7 Å². The quantitative estimate of drug-likeness (QED) is 0.107. The second kappa shape index (κ2) is 19.0. The van der Waals surface area contributed by atoms with Gasteiger partial charge in [0, 0.05) is 13.0 Å². The van der Waals surface area contributed by atoms with Crippen LogP contribution in [0, 0.1) is 0 Å². The average Bonchev–Trinajstić information content (AvgIpc) is 3.14. The molecule has 0 saturated carbocycles. The van der Waals surface area contributed by atoms with Crippen LogP contribution in [-0.2, 0) is 4.79 Å². The van der Waals surface area contributed by atoms with E-state index in [0.717, 1.165) is 18.7 Å². The van der Waals surface area contributed by atoms with Crippen LogP contribution in [0.25, 0.3) is 0 Å². The first kappa shape index (κ1) is 28.6. The molecule has 1 unspecified atom stereocenters. The van der Waals surface area contributed by atoms with E-state index in [1.165, 1.54) is 96.3 Å². The summed E-state index contributed by atoms with van der Waals surface area (Å²) in [5.74, 6) is 0.150. The maximum atomic E-state index is 11.3. The van der Waals surface area contributed by atoms with E-state index in [1.54, 1.807) is 6.20 Å². The molecule has 1 rings (SSSR count). The van der Waals surface area contributed by atoms with Gasteiger partial charge in [0.15, 0.2) is 6.54 Å². The highest BCUT2D eigenvalue weighted by Gasteiger charge is 2.36. The summed E-state index contributed by atoms with van der Waals surface area (Å²) in [6.45, 7) is 3.38. The first-order valence-electron chi connectivity index (χ1n) is 13.3. The van der Waals surface area contributed by atoms with Crippen molar-refractivity contribution in [2.45, 2.75) is 116 Å². The van der Waals surface area contributed by atoms with Crippen LogP contribution in [0.3, 0.4) is 0 Å². The van der Waals surface area contributed by atoms with E-state index in [9.17, 15) is 9.90 Å². The topological polar surface area (TPSA) is 75.7 Å². The van der Waals surface area contributed by atoms with Gasteiger partial charge in [0.25, 0.3) is 0 Å². The molecular formula is C27H50N3O2+. The molecule has 184 valence electrons. The summed E-state index contributed by atoms with van der Waals surface area (Å²) < 4.78 is 0.299. The van der Waals surface area contributed by atoms with Gasteiger partial charge < -0.3 is 10.8 Å². The summed E-state index contributed by atoms with van der Waals surface area (Å²) in [5.41, 5.74) is 5.73. The Morgan fingerprint density at radius 2 is 1.44 bits per heavy atom. The molecule has 0 aromatic heterocycles. The molecule has 5 heteroatoms. The highest BCUT2D eigenvalue weighted by atomic mass is 16.4. The summed E-state index contributed by atoms with van der Waals surface area (Å²) in [7, 11) is 0. The number of rotatable bonds is 22. The molecule has 0 amide bonds. The van der Waals surface area contributed by atoms with Gasteiger partial charge in [-0.1, -0.05) is 89.7 Å². The molecule has 1 heterocycles. The number of allylic oxidation sites excluding steroid dienone is 2. The molecule has 0 saturated heterocycles. The number of carboxylic acids is 1. The molecule has 3 N–H and O–H groups in total. The molecule has 0 bridgehead atoms. The minimum Gasteiger partial charge on any atom is -0.477 e. The monoisotopic (exact) mass is 448 g/mol. The van der Waals surface area contributed by atoms with Gasteiger partial charge in [-0.3, -0.25) is 0 Å². The minimum absolute atomic E-state index is 0.0381. The first-order valence-corrected chi connectivity index (χ1v) is 13.3. The molecule has 0 aliphatic carbocycles. The van der Waals surface area contributed by atoms with Crippen molar-refractivity contribution >= 4 is 11.8 Å². The molecule has 5 nitrogen and oxygen atoms in total. The Labute approximate surface area is 197 Å². The van der Waals surface area contributed by atoms with E-state index in [-0.39, 0.29) is 6.54 Å². The van der Waals surface area contributed by atoms with Crippen LogP contribution in [0.1, 0.15) is 116 Å². The molecule has 0 spiro atoms. The van der Waals surface area contributed by atoms with Crippen molar-refractivity contribution in [3.63, 3.8) is 0 Å². The van der Waals surface area contributed by atoms with Crippen molar-refractivity contribution < 1.29 is 14.4 Å². The smallest absolute Gasteiger partial charge is 0.360 e. The molecule has 0 aromatic rings. The fraction of sp³-hybridized carbons (Fsp3) is 0.778. The fourth-order valence-corrected chi connectivity index (χ4v) is 4.52. The zero-order valence-electron chi connectivity index (χ0n) is 20.8. The number of nitrogens with two attached hydrogens (primary N) is 1. The third kappa shape index (κ3) is 13.2. The van der Waals surface area contributed by atoms with Gasteiger partial charge in [0.05, 0.1) is 6.20 Å². The first-order chi connectivity index (χ1) is 15.6. The normalized spacial score (nSPS) is 18.0. The Kier molecular flexibility index (Phi) is 17.0. The molecular weight excluding hydrogens is 398 g/mol. The lowest BCUT2D eigenvalue weighted by molar-refractivity contribution is -0.778. The van der Waals surface area contributed by atoms with Gasteiger partial charge in [-0.15, -0.1) is 0 Å². The van der Waals surface area contributed by atoms with E-state index < -0.39 is 5.97 Å². The molecule has 1 aliphatic rings. The Balaban J connectivity index is 1.96. The molecule has 0 aromatic carbocycles. The zero-order chi connectivity index (χ0) is 23.3. The van der Waals surface area contributed by atoms with Gasteiger partial charge >= 0.3 is 5.97 Å². The largest absolute Gasteiger partial charge is 0.477 e. The number of aliphatic imine (C=N–C) groups is 1. The number of amidine groups is 1. The number of carboxylic acid groups (broad SMARTS) is 1. The van der Waals surface area contributed by atoms with Crippen LogP contribution in [0.5, 0.6) is 0 Å². The predicted molar refractivity (Wildman–Crippen MR) is 137 cm³/mol. The second-order valence-electron chi connectivity index (χ2n) is 9.34. The molecule has 1 aliphatic heterocycles. The van der Waals surface area contributed by atoms with Gasteiger partial charge in [0.1, 0.15) is 12.7 Å². The molecule has 0 radical (unpaired) electrons. The lowest BCUT2D eigenvalue weighted by Crippen LogP contribution is -2.52. The lowest BCUT2D eigenvalue weighted by Gasteiger charge is -2.30. The SMILES string of the molecule is CCCCCCCCCCCC/C=C/CCCCCCC1=NC=C[N+]1(CCN)CC(=O)O. The highest BCUT2D eigenvalue weighted by Crippen LogP contribution is 2.21. The Bertz CT molecular complexity index is 571. The van der Waals surface area contributed by atoms with Crippen molar-refractivity contribution in [1.82, 2.24) is 0 Å². The fourth-order valence-electron chi connectivity index (χ4n) is 4.52. The standard InChI is InChI=1S/C27H49N3O2/c1-2-3-4-5-6-7-8-9-10-11-12-13-14-15-16-17-18-19-20-26-29-22-24-30(26,23-21-28)25-27(31)32/h13-14,22,24H,2-12,15-21,23,25,28H2,1H3/p+1/b14-13+. The Hall–Kier alpha value is -1.46. The van der Waals surface area contributed by atoms with Crippen molar-refractivity contribution in [1.29, 1.82) is 0 Å². The van der Waals surface area contributed by atoms with E-state index in [1.807, 2.05) is 6.20 Å². The zero-order valence-corrected chi connectivity index (χ0v) is 20.8. The summed E-state index contributed by atoms with van der Waals surface area (Å²) >= 11 is 0. The minimum atomic E-state index is -0.803.